The Morgan fingerprint density at radius 3 is 2.40 bits per heavy atom. The van der Waals surface area contributed by atoms with E-state index < -0.39 is 29.5 Å². The quantitative estimate of drug-likeness (QED) is 0.233. The number of ether oxygens (including phenoxy) is 2. The molecule has 0 radical (unpaired) electrons. The Morgan fingerprint density at radius 1 is 1.17 bits per heavy atom. The van der Waals surface area contributed by atoms with Crippen molar-refractivity contribution in [2.75, 3.05) is 40.9 Å². The molecule has 2 aromatic rings. The minimum Gasteiger partial charge on any atom is -0.872 e. The SMILES string of the molecule is CCOc1ccc(C2C(=C([O-])c3c(C)[nH]c(C(=O)OC)c3C)C(=O)C(=O)N2CCC[NH+](C)C)cc1. The van der Waals surface area contributed by atoms with Crippen molar-refractivity contribution in [1.82, 2.24) is 9.88 Å². The number of methoxy groups -OCH3 is 1. The molecule has 1 unspecified atom stereocenters. The van der Waals surface area contributed by atoms with E-state index in [0.29, 0.717) is 42.1 Å². The van der Waals surface area contributed by atoms with Crippen molar-refractivity contribution in [3.05, 3.63) is 57.9 Å². The number of rotatable bonds is 9. The number of hydrogen-bond donors (Lipinski definition) is 2. The Balaban J connectivity index is 2.15. The van der Waals surface area contributed by atoms with Gasteiger partial charge in [-0.15, -0.1) is 0 Å². The number of hydrogen-bond acceptors (Lipinski definition) is 6. The maximum atomic E-state index is 13.8. The predicted molar refractivity (Wildman–Crippen MR) is 128 cm³/mol. The Hall–Kier alpha value is -3.59. The zero-order chi connectivity index (χ0) is 25.9. The third-order valence-corrected chi connectivity index (χ3v) is 6.17. The molecule has 0 aliphatic carbocycles. The van der Waals surface area contributed by atoms with Gasteiger partial charge in [-0.05, 0) is 49.6 Å². The van der Waals surface area contributed by atoms with Gasteiger partial charge in [0, 0.05) is 24.2 Å². The van der Waals surface area contributed by atoms with Crippen molar-refractivity contribution in [1.29, 1.82) is 0 Å². The zero-order valence-corrected chi connectivity index (χ0v) is 21.1. The van der Waals surface area contributed by atoms with Gasteiger partial charge in [-0.3, -0.25) is 9.59 Å². The molecule has 1 aliphatic heterocycles. The number of carbonyl (C=O) groups excluding carboxylic acids is 3. The standard InChI is InChI=1S/C26H33N3O6/c1-7-35-18-11-9-17(10-12-18)22-20(24(31)25(32)29(22)14-8-13-28(4)5)23(30)19-15(2)21(26(33)34-6)27-16(19)3/h9-12,22,27,30H,7-8,13-14H2,1-6H3. The average molecular weight is 484 g/mol. The molecule has 9 nitrogen and oxygen atoms in total. The van der Waals surface area contributed by atoms with Crippen LogP contribution in [0.2, 0.25) is 0 Å². The maximum absolute atomic E-state index is 13.8. The second kappa shape index (κ2) is 10.8. The summed E-state index contributed by atoms with van der Waals surface area (Å²) in [5.74, 6) is -2.03. The highest BCUT2D eigenvalue weighted by Crippen LogP contribution is 2.40. The first kappa shape index (κ1) is 26.0. The van der Waals surface area contributed by atoms with Gasteiger partial charge in [0.2, 0.25) is 5.78 Å². The number of aryl methyl sites for hydroxylation is 1. The first-order valence-corrected chi connectivity index (χ1v) is 11.7. The van der Waals surface area contributed by atoms with E-state index in [9.17, 15) is 19.5 Å². The number of Topliss-reactive ketones (excluding diaryl/α,β-unsaturated/α-hetero) is 1. The lowest BCUT2D eigenvalue weighted by Gasteiger charge is -2.28. The van der Waals surface area contributed by atoms with Gasteiger partial charge in [0.05, 0.1) is 40.4 Å². The summed E-state index contributed by atoms with van der Waals surface area (Å²) in [5, 5.41) is 13.8. The van der Waals surface area contributed by atoms with Gasteiger partial charge in [0.1, 0.15) is 11.4 Å². The monoisotopic (exact) mass is 483 g/mol. The minimum atomic E-state index is -0.828. The predicted octanol–water partition coefficient (Wildman–Crippen LogP) is 0.575. The van der Waals surface area contributed by atoms with Crippen LogP contribution in [0.4, 0.5) is 0 Å². The Kier molecular flexibility index (Phi) is 8.01. The molecule has 2 N–H and O–H groups in total. The summed E-state index contributed by atoms with van der Waals surface area (Å²) < 4.78 is 10.3. The molecular formula is C26H33N3O6. The van der Waals surface area contributed by atoms with Crippen molar-refractivity contribution in [2.45, 2.75) is 33.2 Å². The topological polar surface area (TPSA) is 116 Å². The molecule has 1 saturated heterocycles. The van der Waals surface area contributed by atoms with Crippen LogP contribution in [0.1, 0.15) is 52.3 Å². The number of carbonyl (C=O) groups is 3. The third kappa shape index (κ3) is 5.09. The minimum absolute atomic E-state index is 0.113. The van der Waals surface area contributed by atoms with Crippen LogP contribution in [0, 0.1) is 13.8 Å². The zero-order valence-electron chi connectivity index (χ0n) is 21.1. The van der Waals surface area contributed by atoms with Crippen LogP contribution >= 0.6 is 0 Å². The van der Waals surface area contributed by atoms with Crippen molar-refractivity contribution in [3.8, 4) is 5.75 Å². The van der Waals surface area contributed by atoms with E-state index in [1.165, 1.54) is 16.9 Å². The van der Waals surface area contributed by atoms with Gasteiger partial charge in [0.25, 0.3) is 5.91 Å². The van der Waals surface area contributed by atoms with Crippen LogP contribution in [0.3, 0.4) is 0 Å². The summed E-state index contributed by atoms with van der Waals surface area (Å²) in [6, 6.07) is 6.24. The molecular weight excluding hydrogens is 450 g/mol. The second-order valence-electron chi connectivity index (χ2n) is 8.90. The molecule has 1 fully saturated rings. The molecule has 188 valence electrons. The van der Waals surface area contributed by atoms with Crippen LogP contribution < -0.4 is 14.7 Å². The Labute approximate surface area is 205 Å². The fraction of sp³-hybridized carbons (Fsp3) is 0.423. The van der Waals surface area contributed by atoms with Crippen LogP contribution in [0.5, 0.6) is 5.75 Å². The lowest BCUT2D eigenvalue weighted by Crippen LogP contribution is -3.05. The van der Waals surface area contributed by atoms with Crippen molar-refractivity contribution >= 4 is 23.4 Å². The van der Waals surface area contributed by atoms with Crippen molar-refractivity contribution < 1.29 is 33.9 Å². The number of aromatic nitrogens is 1. The van der Waals surface area contributed by atoms with Crippen LogP contribution in [0.15, 0.2) is 29.8 Å². The normalized spacial score (nSPS) is 17.3. The molecule has 0 spiro atoms. The number of nitrogens with zero attached hydrogens (tertiary/aromatic N) is 1. The fourth-order valence-corrected chi connectivity index (χ4v) is 4.49. The molecule has 35 heavy (non-hydrogen) atoms. The number of likely N-dealkylation sites (tertiary alicyclic amines) is 1. The van der Waals surface area contributed by atoms with Gasteiger partial charge in [0.15, 0.2) is 0 Å². The summed E-state index contributed by atoms with van der Waals surface area (Å²) in [4.78, 5) is 44.0. The number of esters is 1. The molecule has 1 aromatic heterocycles. The largest absolute Gasteiger partial charge is 0.872 e. The van der Waals surface area contributed by atoms with E-state index >= 15 is 0 Å². The molecule has 9 heteroatoms. The number of ketones is 1. The summed E-state index contributed by atoms with van der Waals surface area (Å²) in [7, 11) is 5.28. The van der Waals surface area contributed by atoms with Gasteiger partial charge in [-0.25, -0.2) is 4.79 Å². The summed E-state index contributed by atoms with van der Waals surface area (Å²) in [6.45, 7) is 6.79. The van der Waals surface area contributed by atoms with E-state index in [0.717, 1.165) is 6.54 Å². The summed E-state index contributed by atoms with van der Waals surface area (Å²) in [6.07, 6.45) is 0.672. The lowest BCUT2D eigenvalue weighted by atomic mass is 9.94. The molecule has 1 atom stereocenters. The fourth-order valence-electron chi connectivity index (χ4n) is 4.49. The van der Waals surface area contributed by atoms with E-state index in [1.807, 2.05) is 21.0 Å². The molecule has 1 aliphatic rings. The average Bonchev–Trinajstić information content (AvgIpc) is 3.26. The molecule has 0 bridgehead atoms. The first-order chi connectivity index (χ1) is 16.6. The highest BCUT2D eigenvalue weighted by atomic mass is 16.5. The highest BCUT2D eigenvalue weighted by Gasteiger charge is 2.44. The van der Waals surface area contributed by atoms with Crippen molar-refractivity contribution in [2.24, 2.45) is 0 Å². The Bertz CT molecular complexity index is 1150. The van der Waals surface area contributed by atoms with Crippen LogP contribution in [-0.2, 0) is 14.3 Å². The smallest absolute Gasteiger partial charge is 0.354 e. The van der Waals surface area contributed by atoms with Gasteiger partial charge in [-0.1, -0.05) is 17.9 Å². The molecule has 2 heterocycles. The third-order valence-electron chi connectivity index (χ3n) is 6.17. The number of nitrogens with one attached hydrogen (secondary N) is 2. The van der Waals surface area contributed by atoms with E-state index in [-0.39, 0.29) is 16.8 Å². The van der Waals surface area contributed by atoms with E-state index in [2.05, 4.69) is 4.98 Å². The number of amides is 1. The second-order valence-corrected chi connectivity index (χ2v) is 8.90. The molecule has 0 saturated carbocycles. The van der Waals surface area contributed by atoms with Gasteiger partial charge in [-0.2, -0.15) is 0 Å². The van der Waals surface area contributed by atoms with Crippen LogP contribution in [0.25, 0.3) is 5.76 Å². The summed E-state index contributed by atoms with van der Waals surface area (Å²) >= 11 is 0. The lowest BCUT2D eigenvalue weighted by molar-refractivity contribution is -0.858. The van der Waals surface area contributed by atoms with Crippen LogP contribution in [-0.4, -0.2) is 68.4 Å². The highest BCUT2D eigenvalue weighted by molar-refractivity contribution is 6.46. The number of benzene rings is 1. The summed E-state index contributed by atoms with van der Waals surface area (Å²) in [5.41, 5.74) is 1.70. The molecule has 1 aromatic carbocycles. The molecule has 3 rings (SSSR count). The van der Waals surface area contributed by atoms with E-state index in [1.54, 1.807) is 38.1 Å². The number of aromatic amines is 1. The number of quaternary nitrogens is 1. The van der Waals surface area contributed by atoms with Gasteiger partial charge < -0.3 is 29.4 Å². The maximum Gasteiger partial charge on any atom is 0.354 e. The van der Waals surface area contributed by atoms with Gasteiger partial charge >= 0.3 is 5.97 Å². The number of H-pyrrole nitrogens is 1. The van der Waals surface area contributed by atoms with E-state index in [4.69, 9.17) is 9.47 Å². The van der Waals surface area contributed by atoms with Crippen molar-refractivity contribution in [3.63, 3.8) is 0 Å². The Morgan fingerprint density at radius 2 is 1.83 bits per heavy atom. The first-order valence-electron chi connectivity index (χ1n) is 11.7. The molecule has 1 amide bonds.